The Bertz CT molecular complexity index is 701. The van der Waals surface area contributed by atoms with Crippen molar-refractivity contribution in [3.8, 4) is 5.69 Å². The van der Waals surface area contributed by atoms with Gasteiger partial charge >= 0.3 is 0 Å². The van der Waals surface area contributed by atoms with E-state index in [0.29, 0.717) is 12.1 Å². The van der Waals surface area contributed by atoms with Gasteiger partial charge in [-0.2, -0.15) is 0 Å². The highest BCUT2D eigenvalue weighted by Gasteiger charge is 2.67. The van der Waals surface area contributed by atoms with Gasteiger partial charge in [-0.1, -0.05) is 6.07 Å². The first-order valence-electron chi connectivity index (χ1n) is 6.37. The number of halogens is 2. The van der Waals surface area contributed by atoms with Crippen LogP contribution in [0, 0.1) is 12.3 Å². The molecule has 0 saturated heterocycles. The minimum Gasteiger partial charge on any atom is -0.325 e. The molecule has 2 aromatic rings. The summed E-state index contributed by atoms with van der Waals surface area (Å²) in [6.45, 7) is 3.66. The Morgan fingerprint density at radius 3 is 2.71 bits per heavy atom. The van der Waals surface area contributed by atoms with Gasteiger partial charge in [0, 0.05) is 5.69 Å². The monoisotopic (exact) mass is 325 g/mol. The highest BCUT2D eigenvalue weighted by molar-refractivity contribution is 6.53. The summed E-state index contributed by atoms with van der Waals surface area (Å²) in [6.07, 6.45) is 1.93. The number of carbonyl (C=O) groups excluding carboxylic acids is 1. The molecule has 110 valence electrons. The Labute approximate surface area is 131 Å². The van der Waals surface area contributed by atoms with E-state index in [-0.39, 0.29) is 5.91 Å². The standard InChI is InChI=1S/C13H13Cl2N5O/c1-8-3-4-9(20-7-16-18-19-20)5-10(8)17-11(21)12(2)6-13(12,14)15/h3-5,7H,6H2,1-2H3,(H,17,21)/t12-/m1/s1. The maximum Gasteiger partial charge on any atom is 0.233 e. The number of nitrogens with zero attached hydrogens (tertiary/aromatic N) is 4. The van der Waals surface area contributed by atoms with Gasteiger partial charge in [-0.3, -0.25) is 4.79 Å². The lowest BCUT2D eigenvalue weighted by Gasteiger charge is -2.15. The second-order valence-corrected chi connectivity index (χ2v) is 6.90. The summed E-state index contributed by atoms with van der Waals surface area (Å²) in [7, 11) is 0. The number of hydrogen-bond acceptors (Lipinski definition) is 4. The van der Waals surface area contributed by atoms with Crippen LogP contribution in [0.4, 0.5) is 5.69 Å². The number of carbonyl (C=O) groups is 1. The number of amides is 1. The van der Waals surface area contributed by atoms with Gasteiger partial charge in [0.05, 0.1) is 11.1 Å². The lowest BCUT2D eigenvalue weighted by atomic mass is 10.1. The van der Waals surface area contributed by atoms with Gasteiger partial charge in [0.2, 0.25) is 5.91 Å². The smallest absolute Gasteiger partial charge is 0.233 e. The third-order valence-corrected chi connectivity index (χ3v) is 4.94. The first-order chi connectivity index (χ1) is 9.83. The molecule has 1 heterocycles. The molecule has 21 heavy (non-hydrogen) atoms. The number of tetrazole rings is 1. The molecule has 1 amide bonds. The lowest BCUT2D eigenvalue weighted by Crippen LogP contribution is -2.26. The van der Waals surface area contributed by atoms with Crippen molar-refractivity contribution < 1.29 is 4.79 Å². The molecular weight excluding hydrogens is 313 g/mol. The molecule has 1 aromatic heterocycles. The van der Waals surface area contributed by atoms with Crippen LogP contribution in [-0.4, -0.2) is 30.4 Å². The van der Waals surface area contributed by atoms with E-state index in [9.17, 15) is 4.79 Å². The third-order valence-electron chi connectivity index (χ3n) is 3.84. The molecule has 1 aromatic carbocycles. The van der Waals surface area contributed by atoms with Crippen molar-refractivity contribution in [2.75, 3.05) is 5.32 Å². The summed E-state index contributed by atoms with van der Waals surface area (Å²) >= 11 is 12.1. The zero-order chi connectivity index (χ0) is 15.3. The Kier molecular flexibility index (Phi) is 3.18. The van der Waals surface area contributed by atoms with Gasteiger partial charge in [-0.05, 0) is 48.4 Å². The topological polar surface area (TPSA) is 72.7 Å². The van der Waals surface area contributed by atoms with E-state index >= 15 is 0 Å². The van der Waals surface area contributed by atoms with E-state index in [2.05, 4.69) is 20.8 Å². The molecule has 1 saturated carbocycles. The number of benzene rings is 1. The summed E-state index contributed by atoms with van der Waals surface area (Å²) in [5, 5.41) is 13.9. The molecule has 3 rings (SSSR count). The lowest BCUT2D eigenvalue weighted by molar-refractivity contribution is -0.120. The summed E-state index contributed by atoms with van der Waals surface area (Å²) in [6, 6.07) is 5.56. The van der Waals surface area contributed by atoms with Crippen molar-refractivity contribution in [1.82, 2.24) is 20.2 Å². The van der Waals surface area contributed by atoms with Crippen molar-refractivity contribution in [3.63, 3.8) is 0 Å². The van der Waals surface area contributed by atoms with Crippen molar-refractivity contribution >= 4 is 34.8 Å². The molecule has 1 aliphatic carbocycles. The number of rotatable bonds is 3. The largest absolute Gasteiger partial charge is 0.325 e. The third kappa shape index (κ3) is 2.38. The Morgan fingerprint density at radius 2 is 2.14 bits per heavy atom. The van der Waals surface area contributed by atoms with Crippen molar-refractivity contribution in [3.05, 3.63) is 30.1 Å². The number of aromatic nitrogens is 4. The van der Waals surface area contributed by atoms with E-state index in [1.807, 2.05) is 19.1 Å². The minimum atomic E-state index is -0.988. The molecule has 0 aliphatic heterocycles. The number of alkyl halides is 2. The van der Waals surface area contributed by atoms with Crippen LogP contribution in [-0.2, 0) is 4.79 Å². The molecule has 0 radical (unpaired) electrons. The molecule has 6 nitrogen and oxygen atoms in total. The predicted molar refractivity (Wildman–Crippen MR) is 79.7 cm³/mol. The Balaban J connectivity index is 1.86. The maximum absolute atomic E-state index is 12.3. The fourth-order valence-electron chi connectivity index (χ4n) is 2.07. The summed E-state index contributed by atoms with van der Waals surface area (Å²) in [5.41, 5.74) is 1.61. The van der Waals surface area contributed by atoms with E-state index in [1.54, 1.807) is 13.0 Å². The summed E-state index contributed by atoms with van der Waals surface area (Å²) < 4.78 is 0.528. The number of nitrogens with one attached hydrogen (secondary N) is 1. The van der Waals surface area contributed by atoms with Crippen LogP contribution in [0.2, 0.25) is 0 Å². The van der Waals surface area contributed by atoms with Crippen molar-refractivity contribution in [2.24, 2.45) is 5.41 Å². The van der Waals surface area contributed by atoms with Gasteiger partial charge in [-0.15, -0.1) is 28.3 Å². The fourth-order valence-corrected chi connectivity index (χ4v) is 2.78. The van der Waals surface area contributed by atoms with Gasteiger partial charge < -0.3 is 5.32 Å². The zero-order valence-electron chi connectivity index (χ0n) is 11.5. The highest BCUT2D eigenvalue weighted by Crippen LogP contribution is 2.64. The van der Waals surface area contributed by atoms with Gasteiger partial charge in [0.15, 0.2) is 0 Å². The maximum atomic E-state index is 12.3. The van der Waals surface area contributed by atoms with Gasteiger partial charge in [0.1, 0.15) is 10.7 Å². The Morgan fingerprint density at radius 1 is 1.43 bits per heavy atom. The second-order valence-electron chi connectivity index (χ2n) is 5.42. The average Bonchev–Trinajstić information content (AvgIpc) is 2.84. The Hall–Kier alpha value is -1.66. The van der Waals surface area contributed by atoms with Gasteiger partial charge in [-0.25, -0.2) is 4.68 Å². The first-order valence-corrected chi connectivity index (χ1v) is 7.12. The molecule has 1 atom stereocenters. The van der Waals surface area contributed by atoms with Crippen LogP contribution in [0.5, 0.6) is 0 Å². The summed E-state index contributed by atoms with van der Waals surface area (Å²) in [5.74, 6) is -0.190. The molecule has 1 N–H and O–H groups in total. The quantitative estimate of drug-likeness (QED) is 0.880. The van der Waals surface area contributed by atoms with E-state index in [0.717, 1.165) is 11.3 Å². The molecule has 1 fully saturated rings. The summed E-state index contributed by atoms with van der Waals surface area (Å²) in [4.78, 5) is 12.3. The van der Waals surface area contributed by atoms with Crippen molar-refractivity contribution in [1.29, 1.82) is 0 Å². The van der Waals surface area contributed by atoms with E-state index < -0.39 is 9.75 Å². The average molecular weight is 326 g/mol. The minimum absolute atomic E-state index is 0.190. The SMILES string of the molecule is Cc1ccc(-n2cnnn2)cc1NC(=O)[C@@]1(C)CC1(Cl)Cl. The van der Waals surface area contributed by atoms with Crippen molar-refractivity contribution in [2.45, 2.75) is 24.6 Å². The molecular formula is C13H13Cl2N5O. The predicted octanol–water partition coefficient (Wildman–Crippen LogP) is 2.49. The van der Waals surface area contributed by atoms with Gasteiger partial charge in [0.25, 0.3) is 0 Å². The second kappa shape index (κ2) is 4.68. The highest BCUT2D eigenvalue weighted by atomic mass is 35.5. The van der Waals surface area contributed by atoms with Crippen LogP contribution in [0.3, 0.4) is 0 Å². The number of aryl methyl sites for hydroxylation is 1. The molecule has 1 aliphatic rings. The fraction of sp³-hybridized carbons (Fsp3) is 0.385. The van der Waals surface area contributed by atoms with Crippen LogP contribution >= 0.6 is 23.2 Å². The van der Waals surface area contributed by atoms with E-state index in [1.165, 1.54) is 11.0 Å². The number of hydrogen-bond donors (Lipinski definition) is 1. The normalized spacial score (nSPS) is 22.9. The first kappa shape index (κ1) is 14.3. The van der Waals surface area contributed by atoms with Crippen LogP contribution in [0.25, 0.3) is 5.69 Å². The molecule has 8 heteroatoms. The zero-order valence-corrected chi connectivity index (χ0v) is 13.0. The van der Waals surface area contributed by atoms with Crippen LogP contribution in [0.1, 0.15) is 18.9 Å². The molecule has 0 bridgehead atoms. The number of anilines is 1. The van der Waals surface area contributed by atoms with E-state index in [4.69, 9.17) is 23.2 Å². The molecule has 0 spiro atoms. The van der Waals surface area contributed by atoms with Crippen LogP contribution in [0.15, 0.2) is 24.5 Å². The van der Waals surface area contributed by atoms with Crippen LogP contribution < -0.4 is 5.32 Å². The molecule has 0 unspecified atom stereocenters.